The third-order valence-corrected chi connectivity index (χ3v) is 9.57. The van der Waals surface area contributed by atoms with Crippen LogP contribution in [0.5, 0.6) is 0 Å². The lowest BCUT2D eigenvalue weighted by Gasteiger charge is -2.37. The fourth-order valence-corrected chi connectivity index (χ4v) is 7.16. The molecule has 0 radical (unpaired) electrons. The second kappa shape index (κ2) is 12.2. The summed E-state index contributed by atoms with van der Waals surface area (Å²) in [7, 11) is -1.50. The average Bonchev–Trinajstić information content (AvgIpc) is 3.34. The predicted molar refractivity (Wildman–Crippen MR) is 158 cm³/mol. The third kappa shape index (κ3) is 6.11. The van der Waals surface area contributed by atoms with Gasteiger partial charge in [-0.1, -0.05) is 19.9 Å². The summed E-state index contributed by atoms with van der Waals surface area (Å²) in [5.74, 6) is -1.50. The van der Waals surface area contributed by atoms with Crippen LogP contribution in [0.15, 0.2) is 49.2 Å². The molecule has 8 nitrogen and oxygen atoms in total. The molecule has 1 saturated heterocycles. The molecule has 218 valence electrons. The quantitative estimate of drug-likeness (QED) is 0.248. The molecule has 1 aliphatic rings. The minimum Gasteiger partial charge on any atom is -0.357 e. The Morgan fingerprint density at radius 2 is 1.76 bits per heavy atom. The monoisotopic (exact) mass is 582 g/mol. The summed E-state index contributed by atoms with van der Waals surface area (Å²) in [6.45, 7) is 7.13. The molecule has 4 heterocycles. The number of halogens is 2. The molecule has 1 fully saturated rings. The van der Waals surface area contributed by atoms with Gasteiger partial charge < -0.3 is 14.4 Å². The number of fused-ring (bicyclic) bond motifs is 1. The number of aromatic nitrogens is 4. The maximum Gasteiger partial charge on any atom is 0.154 e. The van der Waals surface area contributed by atoms with Gasteiger partial charge in [-0.25, -0.2) is 32.2 Å². The van der Waals surface area contributed by atoms with Gasteiger partial charge in [-0.2, -0.15) is 0 Å². The van der Waals surface area contributed by atoms with Crippen LogP contribution in [0, 0.1) is 11.6 Å². The molecule has 1 aromatic carbocycles. The van der Waals surface area contributed by atoms with E-state index in [1.165, 1.54) is 17.0 Å². The maximum atomic E-state index is 15.9. The molecule has 11 heteroatoms. The highest BCUT2D eigenvalue weighted by Gasteiger charge is 2.26. The fraction of sp³-hybridized carbons (Fsp3) is 0.433. The summed E-state index contributed by atoms with van der Waals surface area (Å²) in [6, 6.07) is 6.33. The normalized spacial score (nSPS) is 15.0. The molecule has 4 aromatic rings. The van der Waals surface area contributed by atoms with Crippen molar-refractivity contribution in [2.75, 3.05) is 37.3 Å². The summed E-state index contributed by atoms with van der Waals surface area (Å²) in [5.41, 5.74) is 1.91. The number of hydrogen-bond donors (Lipinski definition) is 0. The molecule has 3 aromatic heterocycles. The number of anilines is 1. The van der Waals surface area contributed by atoms with E-state index in [0.717, 1.165) is 50.8 Å². The van der Waals surface area contributed by atoms with Gasteiger partial charge in [0.15, 0.2) is 15.7 Å². The van der Waals surface area contributed by atoms with Gasteiger partial charge in [0, 0.05) is 61.5 Å². The number of benzene rings is 1. The highest BCUT2D eigenvalue weighted by Crippen LogP contribution is 2.35. The molecular weight excluding hydrogens is 546 g/mol. The summed E-state index contributed by atoms with van der Waals surface area (Å²) >= 11 is 0. The smallest absolute Gasteiger partial charge is 0.154 e. The van der Waals surface area contributed by atoms with E-state index in [4.69, 9.17) is 4.98 Å². The summed E-state index contributed by atoms with van der Waals surface area (Å²) in [5, 5.41) is 0. The zero-order chi connectivity index (χ0) is 29.1. The summed E-state index contributed by atoms with van der Waals surface area (Å²) in [6.07, 6.45) is 9.92. The molecule has 0 saturated carbocycles. The van der Waals surface area contributed by atoms with Gasteiger partial charge in [0.1, 0.15) is 23.6 Å². The zero-order valence-corrected chi connectivity index (χ0v) is 24.5. The zero-order valence-electron chi connectivity index (χ0n) is 23.7. The Morgan fingerprint density at radius 1 is 1.02 bits per heavy atom. The van der Waals surface area contributed by atoms with E-state index in [2.05, 4.69) is 26.7 Å². The second-order valence-electron chi connectivity index (χ2n) is 10.7. The van der Waals surface area contributed by atoms with Crippen molar-refractivity contribution in [3.05, 3.63) is 66.4 Å². The number of piperidine rings is 1. The van der Waals surface area contributed by atoms with Gasteiger partial charge in [0.25, 0.3) is 0 Å². The van der Waals surface area contributed by atoms with Gasteiger partial charge in [0.2, 0.25) is 0 Å². The van der Waals surface area contributed by atoms with Gasteiger partial charge in [0.05, 0.1) is 22.5 Å². The lowest BCUT2D eigenvalue weighted by molar-refractivity contribution is 0.211. The SMILES string of the molecule is CCCN1CCC(N(C)c2ccc3c(n2)c(-c2cncnc2)cn3-c2c(F)ccc(CS(=O)(=O)CCC)c2F)CC1. The average molecular weight is 583 g/mol. The van der Waals surface area contributed by atoms with Crippen molar-refractivity contribution >= 4 is 26.7 Å². The topological polar surface area (TPSA) is 84.2 Å². The highest BCUT2D eigenvalue weighted by atomic mass is 32.2. The standard InChI is InChI=1S/C30H36F2N6O2S/c1-4-12-37-13-10-23(11-14-37)36(3)27-9-8-26-29(35-27)24(22-16-33-20-34-17-22)18-38(26)30-25(31)7-6-21(28(30)32)19-41(39,40)15-5-2/h6-9,16-18,20,23H,4-5,10-15,19H2,1-3H3. The van der Waals surface area contributed by atoms with Crippen LogP contribution in [0.4, 0.5) is 14.6 Å². The maximum absolute atomic E-state index is 15.9. The molecule has 0 spiro atoms. The van der Waals surface area contributed by atoms with Crippen LogP contribution in [0.2, 0.25) is 0 Å². The molecule has 1 aliphatic heterocycles. The minimum absolute atomic E-state index is 0.0679. The largest absolute Gasteiger partial charge is 0.357 e. The summed E-state index contributed by atoms with van der Waals surface area (Å²) < 4.78 is 57.5. The van der Waals surface area contributed by atoms with Crippen molar-refractivity contribution in [2.24, 2.45) is 0 Å². The number of nitrogens with zero attached hydrogens (tertiary/aromatic N) is 6. The van der Waals surface area contributed by atoms with Gasteiger partial charge in [-0.05, 0) is 50.4 Å². The molecule has 0 aliphatic carbocycles. The second-order valence-corrected chi connectivity index (χ2v) is 12.9. The van der Waals surface area contributed by atoms with Crippen molar-refractivity contribution in [2.45, 2.75) is 51.3 Å². The Labute approximate surface area is 240 Å². The van der Waals surface area contributed by atoms with Crippen LogP contribution in [-0.2, 0) is 15.6 Å². The van der Waals surface area contributed by atoms with E-state index < -0.39 is 27.2 Å². The van der Waals surface area contributed by atoms with E-state index >= 15 is 8.78 Å². The Bertz CT molecular complexity index is 1620. The molecule has 0 unspecified atom stereocenters. The first-order valence-electron chi connectivity index (χ1n) is 14.1. The van der Waals surface area contributed by atoms with Crippen LogP contribution in [0.3, 0.4) is 0 Å². The van der Waals surface area contributed by atoms with Crippen molar-refractivity contribution in [1.82, 2.24) is 24.4 Å². The van der Waals surface area contributed by atoms with Crippen molar-refractivity contribution in [1.29, 1.82) is 0 Å². The first-order valence-corrected chi connectivity index (χ1v) is 15.9. The first-order chi connectivity index (χ1) is 19.7. The van der Waals surface area contributed by atoms with Crippen LogP contribution in [0.1, 0.15) is 45.1 Å². The molecule has 0 atom stereocenters. The van der Waals surface area contributed by atoms with Crippen LogP contribution in [-0.4, -0.2) is 71.3 Å². The Hall–Kier alpha value is -3.44. The van der Waals surface area contributed by atoms with Crippen LogP contribution >= 0.6 is 0 Å². The first kappa shape index (κ1) is 29.1. The van der Waals surface area contributed by atoms with Gasteiger partial charge >= 0.3 is 0 Å². The molecule has 0 N–H and O–H groups in total. The number of rotatable bonds is 10. The van der Waals surface area contributed by atoms with Gasteiger partial charge in [-0.3, -0.25) is 0 Å². The van der Waals surface area contributed by atoms with Crippen molar-refractivity contribution in [3.63, 3.8) is 0 Å². The molecule has 0 amide bonds. The van der Waals surface area contributed by atoms with E-state index in [-0.39, 0.29) is 17.0 Å². The minimum atomic E-state index is -3.54. The van der Waals surface area contributed by atoms with E-state index in [1.807, 2.05) is 19.2 Å². The number of sulfone groups is 1. The highest BCUT2D eigenvalue weighted by molar-refractivity contribution is 7.90. The van der Waals surface area contributed by atoms with E-state index in [1.54, 1.807) is 25.5 Å². The fourth-order valence-electron chi connectivity index (χ4n) is 5.69. The summed E-state index contributed by atoms with van der Waals surface area (Å²) in [4.78, 5) is 17.9. The lowest BCUT2D eigenvalue weighted by Crippen LogP contribution is -2.43. The molecule has 41 heavy (non-hydrogen) atoms. The molecule has 0 bridgehead atoms. The Morgan fingerprint density at radius 3 is 2.44 bits per heavy atom. The van der Waals surface area contributed by atoms with Crippen LogP contribution < -0.4 is 4.90 Å². The Kier molecular flexibility index (Phi) is 8.65. The van der Waals surface area contributed by atoms with Crippen molar-refractivity contribution < 1.29 is 17.2 Å². The lowest BCUT2D eigenvalue weighted by atomic mass is 10.0. The molecular formula is C30H36F2N6O2S. The Balaban J connectivity index is 1.59. The molecule has 5 rings (SSSR count). The number of hydrogen-bond acceptors (Lipinski definition) is 7. The van der Waals surface area contributed by atoms with Crippen molar-refractivity contribution in [3.8, 4) is 16.8 Å². The number of likely N-dealkylation sites (tertiary alicyclic amines) is 1. The van der Waals surface area contributed by atoms with Crippen LogP contribution in [0.25, 0.3) is 27.8 Å². The van der Waals surface area contributed by atoms with E-state index in [0.29, 0.717) is 34.6 Å². The van der Waals surface area contributed by atoms with E-state index in [9.17, 15) is 8.42 Å². The number of pyridine rings is 1. The predicted octanol–water partition coefficient (Wildman–Crippen LogP) is 5.40. The van der Waals surface area contributed by atoms with Gasteiger partial charge in [-0.15, -0.1) is 0 Å². The third-order valence-electron chi connectivity index (χ3n) is 7.79.